The molecule has 5 nitrogen and oxygen atoms in total. The Balaban J connectivity index is 1.41. The third-order valence-electron chi connectivity index (χ3n) is 5.81. The van der Waals surface area contributed by atoms with Crippen molar-refractivity contribution in [1.82, 2.24) is 9.55 Å². The van der Waals surface area contributed by atoms with Gasteiger partial charge in [0.1, 0.15) is 0 Å². The van der Waals surface area contributed by atoms with Crippen molar-refractivity contribution in [2.75, 3.05) is 5.73 Å². The summed E-state index contributed by atoms with van der Waals surface area (Å²) in [5.41, 5.74) is 9.78. The van der Waals surface area contributed by atoms with Crippen molar-refractivity contribution in [3.05, 3.63) is 93.7 Å². The van der Waals surface area contributed by atoms with Gasteiger partial charge in [-0.1, -0.05) is 60.1 Å². The Morgan fingerprint density at radius 1 is 1.00 bits per heavy atom. The molecule has 1 saturated heterocycles. The van der Waals surface area contributed by atoms with Gasteiger partial charge < -0.3 is 10.5 Å². The maximum absolute atomic E-state index is 13.2. The smallest absolute Gasteiger partial charge is 0.262 e. The van der Waals surface area contributed by atoms with E-state index in [0.717, 1.165) is 29.5 Å². The lowest BCUT2D eigenvalue weighted by Crippen LogP contribution is -2.29. The molecule has 0 spiro atoms. The molecule has 5 rings (SSSR count). The average molecular weight is 432 g/mol. The van der Waals surface area contributed by atoms with Gasteiger partial charge in [-0.2, -0.15) is 0 Å². The third-order valence-corrected chi connectivity index (χ3v) is 6.04. The minimum Gasteiger partial charge on any atom is -0.369 e. The predicted molar refractivity (Wildman–Crippen MR) is 124 cm³/mol. The first kappa shape index (κ1) is 19.8. The summed E-state index contributed by atoms with van der Waals surface area (Å²) in [6.45, 7) is 0.380. The molecular weight excluding hydrogens is 410 g/mol. The molecule has 156 valence electrons. The van der Waals surface area contributed by atoms with Crippen LogP contribution in [0.3, 0.4) is 0 Å². The van der Waals surface area contributed by atoms with Crippen LogP contribution in [0.5, 0.6) is 0 Å². The van der Waals surface area contributed by atoms with Crippen molar-refractivity contribution in [2.24, 2.45) is 0 Å². The van der Waals surface area contributed by atoms with Crippen LogP contribution in [0.2, 0.25) is 5.02 Å². The molecule has 3 aromatic carbocycles. The first-order chi connectivity index (χ1) is 15.1. The van der Waals surface area contributed by atoms with Gasteiger partial charge in [0.15, 0.2) is 0 Å². The first-order valence-electron chi connectivity index (χ1n) is 10.3. The molecule has 0 amide bonds. The standard InChI is InChI=1S/C25H22ClN3O2/c26-19-8-4-7-18(13-19)23-12-10-20(31-23)15-29-24(30)21-11-9-17(14-22(21)28-25(29)27)16-5-2-1-3-6-16/h1-9,11,13-14,20,23H,10,12,15H2,(H2,27,28). The van der Waals surface area contributed by atoms with Crippen LogP contribution < -0.4 is 11.3 Å². The number of rotatable bonds is 4. The van der Waals surface area contributed by atoms with Gasteiger partial charge in [-0.3, -0.25) is 9.36 Å². The maximum atomic E-state index is 13.2. The molecular formula is C25H22ClN3O2. The lowest BCUT2D eigenvalue weighted by atomic mass is 10.0. The van der Waals surface area contributed by atoms with E-state index in [1.807, 2.05) is 72.8 Å². The van der Waals surface area contributed by atoms with Crippen molar-refractivity contribution < 1.29 is 4.74 Å². The van der Waals surface area contributed by atoms with E-state index in [0.29, 0.717) is 22.5 Å². The van der Waals surface area contributed by atoms with Crippen LogP contribution in [0.15, 0.2) is 77.6 Å². The largest absolute Gasteiger partial charge is 0.369 e. The molecule has 2 unspecified atom stereocenters. The number of nitrogen functional groups attached to an aromatic ring is 1. The molecule has 2 atom stereocenters. The van der Waals surface area contributed by atoms with E-state index in [2.05, 4.69) is 4.98 Å². The number of hydrogen-bond acceptors (Lipinski definition) is 4. The van der Waals surface area contributed by atoms with Crippen LogP contribution in [0.4, 0.5) is 5.95 Å². The summed E-state index contributed by atoms with van der Waals surface area (Å²) in [5, 5.41) is 1.25. The second-order valence-electron chi connectivity index (χ2n) is 7.86. The highest BCUT2D eigenvalue weighted by Gasteiger charge is 2.28. The molecule has 31 heavy (non-hydrogen) atoms. The Morgan fingerprint density at radius 3 is 2.65 bits per heavy atom. The Kier molecular flexibility index (Phi) is 5.22. The van der Waals surface area contributed by atoms with E-state index in [1.54, 1.807) is 0 Å². The molecule has 6 heteroatoms. The monoisotopic (exact) mass is 431 g/mol. The summed E-state index contributed by atoms with van der Waals surface area (Å²) in [6.07, 6.45) is 1.59. The summed E-state index contributed by atoms with van der Waals surface area (Å²) in [6, 6.07) is 23.4. The molecule has 0 saturated carbocycles. The summed E-state index contributed by atoms with van der Waals surface area (Å²) in [4.78, 5) is 17.7. The van der Waals surface area contributed by atoms with Gasteiger partial charge in [0, 0.05) is 5.02 Å². The first-order valence-corrected chi connectivity index (χ1v) is 10.7. The number of halogens is 1. The lowest BCUT2D eigenvalue weighted by Gasteiger charge is -2.17. The molecule has 1 aliphatic rings. The summed E-state index contributed by atoms with van der Waals surface area (Å²) >= 11 is 6.11. The fraction of sp³-hybridized carbons (Fsp3) is 0.200. The topological polar surface area (TPSA) is 70.1 Å². The predicted octanol–water partition coefficient (Wildman–Crippen LogP) is 5.22. The van der Waals surface area contributed by atoms with Crippen molar-refractivity contribution in [1.29, 1.82) is 0 Å². The number of aromatic nitrogens is 2. The van der Waals surface area contributed by atoms with Gasteiger partial charge in [0.2, 0.25) is 5.95 Å². The summed E-state index contributed by atoms with van der Waals surface area (Å²) in [5.74, 6) is 0.206. The Labute approximate surface area is 185 Å². The van der Waals surface area contributed by atoms with Crippen LogP contribution in [-0.2, 0) is 11.3 Å². The fourth-order valence-electron chi connectivity index (χ4n) is 4.22. The highest BCUT2D eigenvalue weighted by atomic mass is 35.5. The maximum Gasteiger partial charge on any atom is 0.262 e. The number of anilines is 1. The average Bonchev–Trinajstić information content (AvgIpc) is 3.26. The number of hydrogen-bond donors (Lipinski definition) is 1. The van der Waals surface area contributed by atoms with Crippen LogP contribution >= 0.6 is 11.6 Å². The van der Waals surface area contributed by atoms with E-state index in [9.17, 15) is 4.79 Å². The summed E-state index contributed by atoms with van der Waals surface area (Å²) < 4.78 is 7.73. The zero-order valence-electron chi connectivity index (χ0n) is 16.9. The van der Waals surface area contributed by atoms with Gasteiger partial charge >= 0.3 is 0 Å². The second-order valence-corrected chi connectivity index (χ2v) is 8.30. The molecule has 1 aromatic heterocycles. The minimum absolute atomic E-state index is 0.0255. The van der Waals surface area contributed by atoms with E-state index in [-0.39, 0.29) is 23.7 Å². The van der Waals surface area contributed by atoms with Gasteiger partial charge in [0.05, 0.1) is 29.7 Å². The van der Waals surface area contributed by atoms with E-state index in [4.69, 9.17) is 22.1 Å². The molecule has 1 fully saturated rings. The van der Waals surface area contributed by atoms with Gasteiger partial charge in [0.25, 0.3) is 5.56 Å². The van der Waals surface area contributed by atoms with Crippen LogP contribution in [-0.4, -0.2) is 15.7 Å². The normalized spacial score (nSPS) is 18.5. The van der Waals surface area contributed by atoms with Crippen molar-refractivity contribution in [3.63, 3.8) is 0 Å². The van der Waals surface area contributed by atoms with Gasteiger partial charge in [-0.05, 0) is 53.8 Å². The number of benzene rings is 3. The van der Waals surface area contributed by atoms with Gasteiger partial charge in [-0.25, -0.2) is 4.98 Å². The summed E-state index contributed by atoms with van der Waals surface area (Å²) in [7, 11) is 0. The molecule has 0 bridgehead atoms. The van der Waals surface area contributed by atoms with Crippen LogP contribution in [0.25, 0.3) is 22.0 Å². The second kappa shape index (κ2) is 8.17. The number of nitrogens with two attached hydrogens (primary N) is 1. The van der Waals surface area contributed by atoms with Crippen LogP contribution in [0, 0.1) is 0 Å². The molecule has 0 aliphatic carbocycles. The Hall–Kier alpha value is -3.15. The SMILES string of the molecule is Nc1nc2cc(-c3ccccc3)ccc2c(=O)n1CC1CCC(c2cccc(Cl)c2)O1. The molecule has 0 radical (unpaired) electrons. The quantitative estimate of drug-likeness (QED) is 0.481. The Bertz CT molecular complexity index is 1300. The highest BCUT2D eigenvalue weighted by Crippen LogP contribution is 2.34. The minimum atomic E-state index is -0.142. The van der Waals surface area contributed by atoms with E-state index < -0.39 is 0 Å². The molecule has 2 heterocycles. The fourth-order valence-corrected chi connectivity index (χ4v) is 4.42. The van der Waals surface area contributed by atoms with Crippen molar-refractivity contribution in [3.8, 4) is 11.1 Å². The van der Waals surface area contributed by atoms with Gasteiger partial charge in [-0.15, -0.1) is 0 Å². The third kappa shape index (κ3) is 3.94. The number of ether oxygens (including phenoxy) is 1. The van der Waals surface area contributed by atoms with E-state index in [1.165, 1.54) is 4.57 Å². The van der Waals surface area contributed by atoms with Crippen molar-refractivity contribution in [2.45, 2.75) is 31.6 Å². The number of nitrogens with zero attached hydrogens (tertiary/aromatic N) is 2. The number of fused-ring (bicyclic) bond motifs is 1. The van der Waals surface area contributed by atoms with E-state index >= 15 is 0 Å². The zero-order valence-corrected chi connectivity index (χ0v) is 17.6. The Morgan fingerprint density at radius 2 is 1.84 bits per heavy atom. The highest BCUT2D eigenvalue weighted by molar-refractivity contribution is 6.30. The van der Waals surface area contributed by atoms with Crippen molar-refractivity contribution >= 4 is 28.5 Å². The van der Waals surface area contributed by atoms with Crippen LogP contribution in [0.1, 0.15) is 24.5 Å². The zero-order chi connectivity index (χ0) is 21.4. The molecule has 1 aliphatic heterocycles. The lowest BCUT2D eigenvalue weighted by molar-refractivity contribution is 0.0348. The molecule has 2 N–H and O–H groups in total. The molecule has 4 aromatic rings.